The molecule has 0 spiro atoms. The molecule has 6 nitrogen and oxygen atoms in total. The van der Waals surface area contributed by atoms with E-state index < -0.39 is 5.60 Å². The minimum Gasteiger partial charge on any atom is -0.388 e. The number of aromatic nitrogens is 2. The number of amides is 1. The van der Waals surface area contributed by atoms with Crippen LogP contribution in [0.2, 0.25) is 0 Å². The van der Waals surface area contributed by atoms with Gasteiger partial charge in [-0.05, 0) is 25.1 Å². The lowest BCUT2D eigenvalue weighted by Gasteiger charge is -2.23. The van der Waals surface area contributed by atoms with Crippen LogP contribution >= 0.6 is 0 Å². The predicted octanol–water partition coefficient (Wildman–Crippen LogP) is 1.08. The number of H-pyrrole nitrogens is 1. The third kappa shape index (κ3) is 3.55. The van der Waals surface area contributed by atoms with Crippen LogP contribution < -0.4 is 5.32 Å². The van der Waals surface area contributed by atoms with Gasteiger partial charge in [-0.15, -0.1) is 0 Å². The summed E-state index contributed by atoms with van der Waals surface area (Å²) in [6, 6.07) is 5.23. The number of fused-ring (bicyclic) bond motifs is 1. The fourth-order valence-electron chi connectivity index (χ4n) is 1.86. The first-order valence-corrected chi connectivity index (χ1v) is 6.44. The van der Waals surface area contributed by atoms with E-state index in [-0.39, 0.29) is 12.5 Å². The maximum absolute atomic E-state index is 12.0. The van der Waals surface area contributed by atoms with Crippen LogP contribution in [-0.2, 0) is 4.74 Å². The van der Waals surface area contributed by atoms with E-state index in [2.05, 4.69) is 15.3 Å². The lowest BCUT2D eigenvalue weighted by atomic mass is 10.0. The number of carbonyl (C=O) groups excluding carboxylic acids is 1. The lowest BCUT2D eigenvalue weighted by molar-refractivity contribution is 0.0243. The Hall–Kier alpha value is -1.92. The van der Waals surface area contributed by atoms with Crippen LogP contribution in [-0.4, -0.2) is 46.8 Å². The number of benzene rings is 1. The molecule has 1 atom stereocenters. The second-order valence-electron chi connectivity index (χ2n) is 5.06. The molecule has 3 N–H and O–H groups in total. The van der Waals surface area contributed by atoms with Crippen molar-refractivity contribution in [2.45, 2.75) is 18.9 Å². The summed E-state index contributed by atoms with van der Waals surface area (Å²) in [5, 5.41) is 12.8. The van der Waals surface area contributed by atoms with Gasteiger partial charge in [-0.25, -0.2) is 4.98 Å². The zero-order valence-corrected chi connectivity index (χ0v) is 11.6. The molecule has 20 heavy (non-hydrogen) atoms. The molecule has 0 aliphatic carbocycles. The molecule has 2 aromatic rings. The van der Waals surface area contributed by atoms with E-state index in [9.17, 15) is 9.90 Å². The monoisotopic (exact) mass is 277 g/mol. The third-order valence-electron chi connectivity index (χ3n) is 3.16. The van der Waals surface area contributed by atoms with E-state index >= 15 is 0 Å². The molecule has 6 heteroatoms. The first-order valence-electron chi connectivity index (χ1n) is 6.44. The molecule has 1 heterocycles. The van der Waals surface area contributed by atoms with Gasteiger partial charge in [0.15, 0.2) is 0 Å². The molecular formula is C14H19N3O3. The SMILES string of the molecule is COCCC(C)(O)CNC(=O)c1ccc2nc[nH]c2c1. The Bertz CT molecular complexity index is 592. The van der Waals surface area contributed by atoms with E-state index in [1.54, 1.807) is 38.6 Å². The maximum atomic E-state index is 12.0. The average molecular weight is 277 g/mol. The molecule has 0 aliphatic heterocycles. The van der Waals surface area contributed by atoms with E-state index in [0.717, 1.165) is 11.0 Å². The summed E-state index contributed by atoms with van der Waals surface area (Å²) in [5.74, 6) is -0.223. The highest BCUT2D eigenvalue weighted by Crippen LogP contribution is 2.12. The summed E-state index contributed by atoms with van der Waals surface area (Å²) in [5.41, 5.74) is 1.17. The number of imidazole rings is 1. The summed E-state index contributed by atoms with van der Waals surface area (Å²) >= 11 is 0. The van der Waals surface area contributed by atoms with Gasteiger partial charge in [0.05, 0.1) is 23.0 Å². The van der Waals surface area contributed by atoms with Crippen molar-refractivity contribution < 1.29 is 14.6 Å². The molecule has 0 saturated carbocycles. The van der Waals surface area contributed by atoms with Crippen LogP contribution in [0.15, 0.2) is 24.5 Å². The highest BCUT2D eigenvalue weighted by atomic mass is 16.5. The van der Waals surface area contributed by atoms with Crippen LogP contribution in [0.1, 0.15) is 23.7 Å². The minimum atomic E-state index is -0.982. The minimum absolute atomic E-state index is 0.177. The van der Waals surface area contributed by atoms with Gasteiger partial charge in [0.1, 0.15) is 0 Å². The number of methoxy groups -OCH3 is 1. The number of aliphatic hydroxyl groups is 1. The van der Waals surface area contributed by atoms with Crippen LogP contribution in [0.4, 0.5) is 0 Å². The van der Waals surface area contributed by atoms with Crippen molar-refractivity contribution in [2.24, 2.45) is 0 Å². The Labute approximate surface area is 117 Å². The molecule has 0 saturated heterocycles. The average Bonchev–Trinajstić information content (AvgIpc) is 2.90. The Kier molecular flexibility index (Phi) is 4.36. The standard InChI is InChI=1S/C14H19N3O3/c1-14(19,5-6-20-2)8-15-13(18)10-3-4-11-12(7-10)17-9-16-11/h3-4,7,9,19H,5-6,8H2,1-2H3,(H,15,18)(H,16,17). The van der Waals surface area contributed by atoms with E-state index in [0.29, 0.717) is 18.6 Å². The normalized spacial score (nSPS) is 14.2. The first kappa shape index (κ1) is 14.5. The van der Waals surface area contributed by atoms with Crippen molar-refractivity contribution >= 4 is 16.9 Å². The Balaban J connectivity index is 1.97. The number of aromatic amines is 1. The number of ether oxygens (including phenoxy) is 1. The molecular weight excluding hydrogens is 258 g/mol. The number of rotatable bonds is 6. The molecule has 1 amide bonds. The molecule has 2 rings (SSSR count). The van der Waals surface area contributed by atoms with Gasteiger partial charge >= 0.3 is 0 Å². The quantitative estimate of drug-likeness (QED) is 0.737. The van der Waals surface area contributed by atoms with E-state index in [1.807, 2.05) is 0 Å². The molecule has 108 valence electrons. The lowest BCUT2D eigenvalue weighted by Crippen LogP contribution is -2.41. The van der Waals surface area contributed by atoms with Crippen molar-refractivity contribution in [1.29, 1.82) is 0 Å². The Morgan fingerprint density at radius 2 is 2.35 bits per heavy atom. The predicted molar refractivity (Wildman–Crippen MR) is 75.5 cm³/mol. The van der Waals surface area contributed by atoms with Gasteiger partial charge in [0.25, 0.3) is 5.91 Å². The maximum Gasteiger partial charge on any atom is 0.251 e. The number of carbonyl (C=O) groups is 1. The van der Waals surface area contributed by atoms with Gasteiger partial charge in [-0.1, -0.05) is 0 Å². The number of nitrogens with zero attached hydrogens (tertiary/aromatic N) is 1. The topological polar surface area (TPSA) is 87.2 Å². The van der Waals surface area contributed by atoms with Crippen LogP contribution in [0, 0.1) is 0 Å². The summed E-state index contributed by atoms with van der Waals surface area (Å²) in [7, 11) is 1.58. The molecule has 1 unspecified atom stereocenters. The molecule has 0 bridgehead atoms. The van der Waals surface area contributed by atoms with Gasteiger partial charge in [-0.2, -0.15) is 0 Å². The molecule has 0 fully saturated rings. The van der Waals surface area contributed by atoms with Crippen molar-refractivity contribution in [3.05, 3.63) is 30.1 Å². The van der Waals surface area contributed by atoms with Gasteiger partial charge in [-0.3, -0.25) is 4.79 Å². The summed E-state index contributed by atoms with van der Waals surface area (Å²) in [6.07, 6.45) is 2.05. The van der Waals surface area contributed by atoms with Crippen LogP contribution in [0.25, 0.3) is 11.0 Å². The zero-order valence-electron chi connectivity index (χ0n) is 11.6. The van der Waals surface area contributed by atoms with Crippen LogP contribution in [0.5, 0.6) is 0 Å². The fourth-order valence-corrected chi connectivity index (χ4v) is 1.86. The second-order valence-corrected chi connectivity index (χ2v) is 5.06. The summed E-state index contributed by atoms with van der Waals surface area (Å²) < 4.78 is 4.92. The number of hydrogen-bond acceptors (Lipinski definition) is 4. The third-order valence-corrected chi connectivity index (χ3v) is 3.16. The highest BCUT2D eigenvalue weighted by molar-refractivity contribution is 5.97. The molecule has 0 aliphatic rings. The second kappa shape index (κ2) is 6.02. The Morgan fingerprint density at radius 3 is 3.10 bits per heavy atom. The van der Waals surface area contributed by atoms with E-state index in [4.69, 9.17) is 4.74 Å². The van der Waals surface area contributed by atoms with Gasteiger partial charge < -0.3 is 20.1 Å². The largest absolute Gasteiger partial charge is 0.388 e. The van der Waals surface area contributed by atoms with Crippen molar-refractivity contribution in [1.82, 2.24) is 15.3 Å². The van der Waals surface area contributed by atoms with E-state index in [1.165, 1.54) is 0 Å². The smallest absolute Gasteiger partial charge is 0.251 e. The highest BCUT2D eigenvalue weighted by Gasteiger charge is 2.21. The fraction of sp³-hybridized carbons (Fsp3) is 0.429. The van der Waals surface area contributed by atoms with Gasteiger partial charge in [0.2, 0.25) is 0 Å². The number of nitrogens with one attached hydrogen (secondary N) is 2. The van der Waals surface area contributed by atoms with Crippen molar-refractivity contribution in [3.8, 4) is 0 Å². The van der Waals surface area contributed by atoms with Crippen molar-refractivity contribution in [3.63, 3.8) is 0 Å². The zero-order chi connectivity index (χ0) is 14.6. The molecule has 1 aromatic carbocycles. The summed E-state index contributed by atoms with van der Waals surface area (Å²) in [4.78, 5) is 19.1. The first-order chi connectivity index (χ1) is 9.52. The number of hydrogen-bond donors (Lipinski definition) is 3. The van der Waals surface area contributed by atoms with Gasteiger partial charge in [0, 0.05) is 32.2 Å². The van der Waals surface area contributed by atoms with Crippen molar-refractivity contribution in [2.75, 3.05) is 20.3 Å². The Morgan fingerprint density at radius 1 is 1.55 bits per heavy atom. The molecule has 0 radical (unpaired) electrons. The van der Waals surface area contributed by atoms with Crippen LogP contribution in [0.3, 0.4) is 0 Å². The summed E-state index contributed by atoms with van der Waals surface area (Å²) in [6.45, 7) is 2.30. The molecule has 1 aromatic heterocycles.